The predicted molar refractivity (Wildman–Crippen MR) is 78.2 cm³/mol. The summed E-state index contributed by atoms with van der Waals surface area (Å²) in [5.74, 6) is 6.25. The third kappa shape index (κ3) is 3.81. The number of halogens is 2. The summed E-state index contributed by atoms with van der Waals surface area (Å²) in [6.07, 6.45) is 0.647. The van der Waals surface area contributed by atoms with Crippen LogP contribution >= 0.6 is 23.2 Å². The minimum absolute atomic E-state index is 0.647. The van der Waals surface area contributed by atoms with Crippen LogP contribution in [0.3, 0.4) is 0 Å². The van der Waals surface area contributed by atoms with E-state index in [1.165, 1.54) is 5.56 Å². The van der Waals surface area contributed by atoms with Crippen molar-refractivity contribution in [1.29, 1.82) is 0 Å². The van der Waals surface area contributed by atoms with Gasteiger partial charge in [-0.05, 0) is 42.8 Å². The molecule has 0 nitrogen and oxygen atoms in total. The standard InChI is InChI=1S/C16H12Cl2/c1-12-5-7-13(8-6-12)3-2-4-14-9-15(17)11-16(18)10-14/h5-11H,4H2,1H3. The topological polar surface area (TPSA) is 0 Å². The summed E-state index contributed by atoms with van der Waals surface area (Å²) in [6, 6.07) is 13.6. The molecule has 0 saturated heterocycles. The zero-order valence-corrected chi connectivity index (χ0v) is 11.5. The quantitative estimate of drug-likeness (QED) is 0.649. The molecule has 0 aromatic heterocycles. The van der Waals surface area contributed by atoms with E-state index in [0.29, 0.717) is 16.5 Å². The van der Waals surface area contributed by atoms with Crippen LogP contribution in [-0.4, -0.2) is 0 Å². The van der Waals surface area contributed by atoms with Crippen molar-refractivity contribution in [3.05, 3.63) is 69.2 Å². The molecule has 0 fully saturated rings. The Morgan fingerprint density at radius 3 is 2.17 bits per heavy atom. The second-order valence-electron chi connectivity index (χ2n) is 4.12. The van der Waals surface area contributed by atoms with Crippen molar-refractivity contribution in [2.75, 3.05) is 0 Å². The van der Waals surface area contributed by atoms with Gasteiger partial charge in [0.25, 0.3) is 0 Å². The van der Waals surface area contributed by atoms with Gasteiger partial charge in [-0.3, -0.25) is 0 Å². The summed E-state index contributed by atoms with van der Waals surface area (Å²) in [7, 11) is 0. The van der Waals surface area contributed by atoms with E-state index in [1.807, 2.05) is 24.3 Å². The van der Waals surface area contributed by atoms with E-state index >= 15 is 0 Å². The first-order chi connectivity index (χ1) is 8.63. The predicted octanol–water partition coefficient (Wildman–Crippen LogP) is 4.90. The lowest BCUT2D eigenvalue weighted by Crippen LogP contribution is -1.82. The van der Waals surface area contributed by atoms with E-state index in [-0.39, 0.29) is 0 Å². The number of benzene rings is 2. The summed E-state index contributed by atoms with van der Waals surface area (Å²) in [6.45, 7) is 2.06. The molecule has 0 aliphatic rings. The second kappa shape index (κ2) is 5.96. The minimum atomic E-state index is 0.647. The highest BCUT2D eigenvalue weighted by Gasteiger charge is 1.96. The zero-order valence-electron chi connectivity index (χ0n) is 10.0. The fourth-order valence-electron chi connectivity index (χ4n) is 1.60. The van der Waals surface area contributed by atoms with Crippen molar-refractivity contribution in [2.24, 2.45) is 0 Å². The van der Waals surface area contributed by atoms with Crippen LogP contribution in [0, 0.1) is 18.8 Å². The Morgan fingerprint density at radius 2 is 1.56 bits per heavy atom. The van der Waals surface area contributed by atoms with E-state index in [0.717, 1.165) is 11.1 Å². The van der Waals surface area contributed by atoms with Crippen molar-refractivity contribution in [3.63, 3.8) is 0 Å². The van der Waals surface area contributed by atoms with Crippen molar-refractivity contribution >= 4 is 23.2 Å². The Kier molecular flexibility index (Phi) is 4.31. The maximum atomic E-state index is 5.93. The van der Waals surface area contributed by atoms with Gasteiger partial charge in [0.15, 0.2) is 0 Å². The minimum Gasteiger partial charge on any atom is -0.0931 e. The number of rotatable bonds is 1. The van der Waals surface area contributed by atoms with Gasteiger partial charge >= 0.3 is 0 Å². The van der Waals surface area contributed by atoms with Crippen molar-refractivity contribution < 1.29 is 0 Å². The first-order valence-corrected chi connectivity index (χ1v) is 6.39. The number of aryl methyl sites for hydroxylation is 1. The molecule has 0 heterocycles. The number of hydrogen-bond acceptors (Lipinski definition) is 0. The smallest absolute Gasteiger partial charge is 0.0423 e. The van der Waals surface area contributed by atoms with Gasteiger partial charge in [-0.25, -0.2) is 0 Å². The van der Waals surface area contributed by atoms with Crippen molar-refractivity contribution in [1.82, 2.24) is 0 Å². The third-order valence-corrected chi connectivity index (χ3v) is 2.94. The highest BCUT2D eigenvalue weighted by Crippen LogP contribution is 2.19. The van der Waals surface area contributed by atoms with Crippen molar-refractivity contribution in [2.45, 2.75) is 13.3 Å². The lowest BCUT2D eigenvalue weighted by Gasteiger charge is -1.98. The van der Waals surface area contributed by atoms with E-state index in [9.17, 15) is 0 Å². The molecule has 18 heavy (non-hydrogen) atoms. The first-order valence-electron chi connectivity index (χ1n) is 5.64. The van der Waals surface area contributed by atoms with E-state index in [4.69, 9.17) is 23.2 Å². The molecule has 0 bridgehead atoms. The maximum absolute atomic E-state index is 5.93. The van der Waals surface area contributed by atoms with Gasteiger partial charge in [-0.2, -0.15) is 0 Å². The Hall–Kier alpha value is -1.42. The molecule has 2 heteroatoms. The molecule has 0 N–H and O–H groups in total. The van der Waals surface area contributed by atoms with Crippen molar-refractivity contribution in [3.8, 4) is 11.8 Å². The van der Waals surface area contributed by atoms with Crippen LogP contribution in [-0.2, 0) is 6.42 Å². The van der Waals surface area contributed by atoms with Crippen LogP contribution in [0.2, 0.25) is 10.0 Å². The number of hydrogen-bond donors (Lipinski definition) is 0. The van der Waals surface area contributed by atoms with Gasteiger partial charge in [0.2, 0.25) is 0 Å². The molecule has 0 amide bonds. The maximum Gasteiger partial charge on any atom is 0.0423 e. The van der Waals surface area contributed by atoms with Crippen LogP contribution in [0.1, 0.15) is 16.7 Å². The monoisotopic (exact) mass is 274 g/mol. The van der Waals surface area contributed by atoms with Crippen LogP contribution in [0.25, 0.3) is 0 Å². The van der Waals surface area contributed by atoms with Gasteiger partial charge in [0, 0.05) is 22.0 Å². The average Bonchev–Trinajstić information content (AvgIpc) is 2.30. The Bertz CT molecular complexity index is 581. The molecular formula is C16H12Cl2. The Labute approximate surface area is 118 Å². The molecule has 2 rings (SSSR count). The third-order valence-electron chi connectivity index (χ3n) is 2.50. The molecule has 0 radical (unpaired) electrons. The largest absolute Gasteiger partial charge is 0.0931 e. The van der Waals surface area contributed by atoms with Crippen LogP contribution in [0.4, 0.5) is 0 Å². The Balaban J connectivity index is 2.10. The molecule has 0 aliphatic heterocycles. The SMILES string of the molecule is Cc1ccc(C#CCc2cc(Cl)cc(Cl)c2)cc1. The molecule has 90 valence electrons. The van der Waals surface area contributed by atoms with Crippen LogP contribution < -0.4 is 0 Å². The fraction of sp³-hybridized carbons (Fsp3) is 0.125. The van der Waals surface area contributed by atoms with E-state index in [2.05, 4.69) is 30.9 Å². The molecule has 0 saturated carbocycles. The molecule has 2 aromatic rings. The van der Waals surface area contributed by atoms with Gasteiger partial charge in [-0.1, -0.05) is 52.7 Å². The molecule has 0 unspecified atom stereocenters. The fourth-order valence-corrected chi connectivity index (χ4v) is 2.17. The van der Waals surface area contributed by atoms with Crippen LogP contribution in [0.15, 0.2) is 42.5 Å². The highest BCUT2D eigenvalue weighted by molar-refractivity contribution is 6.34. The summed E-state index contributed by atoms with van der Waals surface area (Å²) in [5.41, 5.74) is 3.29. The lowest BCUT2D eigenvalue weighted by molar-refractivity contribution is 1.32. The van der Waals surface area contributed by atoms with Gasteiger partial charge in [-0.15, -0.1) is 0 Å². The molecule has 0 aliphatic carbocycles. The van der Waals surface area contributed by atoms with Gasteiger partial charge in [0.05, 0.1) is 0 Å². The lowest BCUT2D eigenvalue weighted by atomic mass is 10.1. The zero-order chi connectivity index (χ0) is 13.0. The summed E-state index contributed by atoms with van der Waals surface area (Å²) < 4.78 is 0. The van der Waals surface area contributed by atoms with Gasteiger partial charge in [0.1, 0.15) is 0 Å². The first kappa shape index (κ1) is 13.0. The van der Waals surface area contributed by atoms with E-state index in [1.54, 1.807) is 6.07 Å². The molecule has 0 spiro atoms. The van der Waals surface area contributed by atoms with E-state index < -0.39 is 0 Å². The van der Waals surface area contributed by atoms with Crippen LogP contribution in [0.5, 0.6) is 0 Å². The molecule has 0 atom stereocenters. The average molecular weight is 275 g/mol. The summed E-state index contributed by atoms with van der Waals surface area (Å²) >= 11 is 11.9. The second-order valence-corrected chi connectivity index (χ2v) is 5.00. The van der Waals surface area contributed by atoms with Gasteiger partial charge < -0.3 is 0 Å². The molecule has 2 aromatic carbocycles. The summed E-state index contributed by atoms with van der Waals surface area (Å²) in [5, 5.41) is 1.30. The highest BCUT2D eigenvalue weighted by atomic mass is 35.5. The summed E-state index contributed by atoms with van der Waals surface area (Å²) in [4.78, 5) is 0. The molecular weight excluding hydrogens is 263 g/mol. The Morgan fingerprint density at radius 1 is 0.944 bits per heavy atom. The normalized spacial score (nSPS) is 9.72.